The van der Waals surface area contributed by atoms with Crippen LogP contribution < -0.4 is 11.5 Å². The lowest BCUT2D eigenvalue weighted by atomic mass is 10.1. The molecule has 0 aromatic heterocycles. The van der Waals surface area contributed by atoms with Crippen molar-refractivity contribution >= 4 is 5.69 Å². The molecule has 0 amide bonds. The van der Waals surface area contributed by atoms with Crippen molar-refractivity contribution in [3.63, 3.8) is 0 Å². The van der Waals surface area contributed by atoms with E-state index >= 15 is 0 Å². The van der Waals surface area contributed by atoms with E-state index in [1.807, 2.05) is 18.2 Å². The van der Waals surface area contributed by atoms with Crippen molar-refractivity contribution in [2.24, 2.45) is 5.73 Å². The van der Waals surface area contributed by atoms with Gasteiger partial charge in [0.15, 0.2) is 0 Å². The number of ether oxygens (including phenoxy) is 1. The van der Waals surface area contributed by atoms with Gasteiger partial charge >= 0.3 is 0 Å². The average molecular weight is 208 g/mol. The number of hydrogen-bond donors (Lipinski definition) is 2. The first-order valence-corrected chi connectivity index (χ1v) is 5.40. The van der Waals surface area contributed by atoms with Gasteiger partial charge in [-0.3, -0.25) is 0 Å². The maximum Gasteiger partial charge on any atom is 0.0617 e. The van der Waals surface area contributed by atoms with Crippen LogP contribution in [0.5, 0.6) is 0 Å². The van der Waals surface area contributed by atoms with Crippen LogP contribution in [0.1, 0.15) is 18.9 Å². The maximum atomic E-state index is 5.73. The molecule has 1 atom stereocenters. The van der Waals surface area contributed by atoms with E-state index in [-0.39, 0.29) is 6.04 Å². The number of benzene rings is 1. The smallest absolute Gasteiger partial charge is 0.0617 e. The Hall–Kier alpha value is -1.06. The molecule has 0 bridgehead atoms. The van der Waals surface area contributed by atoms with E-state index in [9.17, 15) is 0 Å². The van der Waals surface area contributed by atoms with Crippen molar-refractivity contribution in [1.29, 1.82) is 0 Å². The molecule has 0 saturated heterocycles. The molecule has 3 nitrogen and oxygen atoms in total. The molecule has 84 valence electrons. The minimum atomic E-state index is 0.158. The number of anilines is 1. The summed E-state index contributed by atoms with van der Waals surface area (Å²) in [4.78, 5) is 0. The fourth-order valence-electron chi connectivity index (χ4n) is 1.29. The minimum absolute atomic E-state index is 0.158. The van der Waals surface area contributed by atoms with Gasteiger partial charge in [-0.15, -0.1) is 0 Å². The third-order valence-corrected chi connectivity index (χ3v) is 2.34. The van der Waals surface area contributed by atoms with Crippen molar-refractivity contribution in [2.45, 2.75) is 25.8 Å². The molecular formula is C12H20N2O. The first-order valence-electron chi connectivity index (χ1n) is 5.40. The van der Waals surface area contributed by atoms with Crippen LogP contribution in [0.25, 0.3) is 0 Å². The van der Waals surface area contributed by atoms with Crippen LogP contribution in [-0.2, 0) is 11.2 Å². The molecular weight excluding hydrogens is 188 g/mol. The summed E-state index contributed by atoms with van der Waals surface area (Å²) in [6.45, 7) is 3.40. The zero-order chi connectivity index (χ0) is 11.1. The quantitative estimate of drug-likeness (QED) is 0.551. The molecule has 0 radical (unpaired) electrons. The van der Waals surface area contributed by atoms with Crippen LogP contribution in [0, 0.1) is 0 Å². The third-order valence-electron chi connectivity index (χ3n) is 2.34. The minimum Gasteiger partial charge on any atom is -0.399 e. The summed E-state index contributed by atoms with van der Waals surface area (Å²) >= 11 is 0. The Morgan fingerprint density at radius 2 is 2.20 bits per heavy atom. The average Bonchev–Trinajstić information content (AvgIpc) is 2.24. The number of rotatable bonds is 6. The first-order chi connectivity index (χ1) is 7.22. The molecule has 0 spiro atoms. The molecule has 3 heteroatoms. The van der Waals surface area contributed by atoms with Crippen molar-refractivity contribution in [3.05, 3.63) is 29.8 Å². The Balaban J connectivity index is 2.20. The summed E-state index contributed by atoms with van der Waals surface area (Å²) in [5.41, 5.74) is 13.4. The molecule has 1 unspecified atom stereocenters. The lowest BCUT2D eigenvalue weighted by molar-refractivity contribution is 0.122. The van der Waals surface area contributed by atoms with Crippen LogP contribution in [0.3, 0.4) is 0 Å². The zero-order valence-corrected chi connectivity index (χ0v) is 9.28. The Morgan fingerprint density at radius 3 is 2.87 bits per heavy atom. The lowest BCUT2D eigenvalue weighted by Gasteiger charge is -2.09. The molecule has 0 saturated carbocycles. The van der Waals surface area contributed by atoms with E-state index in [2.05, 4.69) is 13.0 Å². The van der Waals surface area contributed by atoms with Crippen LogP contribution in [0.2, 0.25) is 0 Å². The van der Waals surface area contributed by atoms with Crippen LogP contribution in [0.4, 0.5) is 5.69 Å². The van der Waals surface area contributed by atoms with Gasteiger partial charge in [-0.25, -0.2) is 0 Å². The Bertz CT molecular complexity index is 289. The van der Waals surface area contributed by atoms with E-state index in [1.54, 1.807) is 0 Å². The molecule has 0 fully saturated rings. The summed E-state index contributed by atoms with van der Waals surface area (Å²) in [7, 11) is 0. The normalized spacial score (nSPS) is 12.7. The fraction of sp³-hybridized carbons (Fsp3) is 0.500. The van der Waals surface area contributed by atoms with Gasteiger partial charge in [0, 0.05) is 11.7 Å². The van der Waals surface area contributed by atoms with E-state index < -0.39 is 0 Å². The van der Waals surface area contributed by atoms with Crippen molar-refractivity contribution < 1.29 is 4.74 Å². The highest BCUT2D eigenvalue weighted by Crippen LogP contribution is 2.07. The Labute approximate surface area is 91.4 Å². The molecule has 1 rings (SSSR count). The monoisotopic (exact) mass is 208 g/mol. The maximum absolute atomic E-state index is 5.73. The molecule has 0 heterocycles. The van der Waals surface area contributed by atoms with E-state index in [0.29, 0.717) is 13.2 Å². The van der Waals surface area contributed by atoms with Crippen LogP contribution in [0.15, 0.2) is 24.3 Å². The van der Waals surface area contributed by atoms with Gasteiger partial charge in [0.1, 0.15) is 0 Å². The highest BCUT2D eigenvalue weighted by molar-refractivity contribution is 5.40. The Morgan fingerprint density at radius 1 is 1.40 bits per heavy atom. The van der Waals surface area contributed by atoms with Crippen molar-refractivity contribution in [1.82, 2.24) is 0 Å². The van der Waals surface area contributed by atoms with Gasteiger partial charge < -0.3 is 16.2 Å². The second kappa shape index (κ2) is 6.43. The van der Waals surface area contributed by atoms with E-state index in [0.717, 1.165) is 18.5 Å². The first kappa shape index (κ1) is 12.0. The van der Waals surface area contributed by atoms with Crippen molar-refractivity contribution in [3.8, 4) is 0 Å². The second-order valence-electron chi connectivity index (χ2n) is 3.74. The van der Waals surface area contributed by atoms with Crippen molar-refractivity contribution in [2.75, 3.05) is 18.9 Å². The predicted octanol–water partition coefficient (Wildman–Crippen LogP) is 1.57. The number of hydrogen-bond acceptors (Lipinski definition) is 3. The van der Waals surface area contributed by atoms with Gasteiger partial charge in [-0.1, -0.05) is 19.1 Å². The predicted molar refractivity (Wildman–Crippen MR) is 63.6 cm³/mol. The summed E-state index contributed by atoms with van der Waals surface area (Å²) in [5.74, 6) is 0. The third kappa shape index (κ3) is 4.81. The van der Waals surface area contributed by atoms with Gasteiger partial charge in [-0.05, 0) is 30.5 Å². The largest absolute Gasteiger partial charge is 0.399 e. The lowest BCUT2D eigenvalue weighted by Crippen LogP contribution is -2.25. The highest BCUT2D eigenvalue weighted by Gasteiger charge is 1.99. The van der Waals surface area contributed by atoms with Gasteiger partial charge in [0.05, 0.1) is 13.2 Å². The van der Waals surface area contributed by atoms with E-state index in [1.165, 1.54) is 5.56 Å². The molecule has 1 aromatic rings. The summed E-state index contributed by atoms with van der Waals surface area (Å²) < 4.78 is 5.46. The standard InChI is InChI=1S/C12H20N2O/c1-2-11(13)9-15-7-6-10-4-3-5-12(14)8-10/h3-5,8,11H,2,6-7,9,13-14H2,1H3. The fourth-order valence-corrected chi connectivity index (χ4v) is 1.29. The molecule has 0 aliphatic rings. The van der Waals surface area contributed by atoms with E-state index in [4.69, 9.17) is 16.2 Å². The summed E-state index contributed by atoms with van der Waals surface area (Å²) in [6, 6.07) is 8.04. The Kier molecular flexibility index (Phi) is 5.15. The summed E-state index contributed by atoms with van der Waals surface area (Å²) in [5, 5.41) is 0. The molecule has 1 aromatic carbocycles. The second-order valence-corrected chi connectivity index (χ2v) is 3.74. The highest BCUT2D eigenvalue weighted by atomic mass is 16.5. The topological polar surface area (TPSA) is 61.3 Å². The van der Waals surface area contributed by atoms with Crippen LogP contribution >= 0.6 is 0 Å². The van der Waals surface area contributed by atoms with Gasteiger partial charge in [-0.2, -0.15) is 0 Å². The van der Waals surface area contributed by atoms with Gasteiger partial charge in [0.2, 0.25) is 0 Å². The molecule has 15 heavy (non-hydrogen) atoms. The summed E-state index contributed by atoms with van der Waals surface area (Å²) in [6.07, 6.45) is 1.85. The zero-order valence-electron chi connectivity index (χ0n) is 9.28. The molecule has 0 aliphatic heterocycles. The number of nitrogens with two attached hydrogens (primary N) is 2. The van der Waals surface area contributed by atoms with Crippen LogP contribution in [-0.4, -0.2) is 19.3 Å². The molecule has 4 N–H and O–H groups in total. The SMILES string of the molecule is CCC(N)COCCc1cccc(N)c1. The van der Waals surface area contributed by atoms with Gasteiger partial charge in [0.25, 0.3) is 0 Å². The molecule has 0 aliphatic carbocycles. The number of nitrogen functional groups attached to an aromatic ring is 1.